The van der Waals surface area contributed by atoms with Crippen molar-refractivity contribution in [1.29, 1.82) is 0 Å². The summed E-state index contributed by atoms with van der Waals surface area (Å²) >= 11 is 0. The van der Waals surface area contributed by atoms with E-state index in [-0.39, 0.29) is 6.04 Å². The Bertz CT molecular complexity index is 352. The number of ether oxygens (including phenoxy) is 2. The first-order chi connectivity index (χ1) is 8.69. The molecular formula is C13H23N3O2. The van der Waals surface area contributed by atoms with Gasteiger partial charge in [-0.3, -0.25) is 0 Å². The second-order valence-electron chi connectivity index (χ2n) is 4.09. The average Bonchev–Trinajstić information content (AvgIpc) is 2.29. The molecule has 0 radical (unpaired) electrons. The van der Waals surface area contributed by atoms with Crippen molar-refractivity contribution < 1.29 is 9.47 Å². The van der Waals surface area contributed by atoms with Crippen molar-refractivity contribution in [3.8, 4) is 5.88 Å². The van der Waals surface area contributed by atoms with E-state index in [0.717, 1.165) is 24.5 Å². The smallest absolute Gasteiger partial charge is 0.216 e. The number of likely N-dealkylation sites (N-methyl/N-ethyl adjacent to an activating group) is 1. The summed E-state index contributed by atoms with van der Waals surface area (Å²) in [5, 5.41) is 3.38. The highest BCUT2D eigenvalue weighted by Crippen LogP contribution is 2.11. The van der Waals surface area contributed by atoms with Gasteiger partial charge >= 0.3 is 0 Å². The van der Waals surface area contributed by atoms with Crippen LogP contribution in [0.4, 0.5) is 0 Å². The van der Waals surface area contributed by atoms with E-state index in [2.05, 4.69) is 22.2 Å². The molecule has 1 atom stereocenters. The first-order valence-electron chi connectivity index (χ1n) is 6.39. The van der Waals surface area contributed by atoms with E-state index in [1.807, 2.05) is 19.9 Å². The van der Waals surface area contributed by atoms with Gasteiger partial charge in [0.2, 0.25) is 5.88 Å². The summed E-state index contributed by atoms with van der Waals surface area (Å²) in [6.45, 7) is 8.11. The average molecular weight is 253 g/mol. The van der Waals surface area contributed by atoms with E-state index >= 15 is 0 Å². The van der Waals surface area contributed by atoms with Gasteiger partial charge in [-0.2, -0.15) is 4.98 Å². The van der Waals surface area contributed by atoms with Crippen molar-refractivity contribution >= 4 is 0 Å². The zero-order valence-corrected chi connectivity index (χ0v) is 11.7. The molecule has 0 fully saturated rings. The number of nitrogens with zero attached hydrogens (tertiary/aromatic N) is 2. The summed E-state index contributed by atoms with van der Waals surface area (Å²) in [5.74, 6) is 1.39. The van der Waals surface area contributed by atoms with Crippen LogP contribution in [0.5, 0.6) is 5.88 Å². The third-order valence-electron chi connectivity index (χ3n) is 2.48. The van der Waals surface area contributed by atoms with Gasteiger partial charge < -0.3 is 14.8 Å². The predicted octanol–water partition coefficient (Wildman–Crippen LogP) is 1.35. The van der Waals surface area contributed by atoms with Gasteiger partial charge in [-0.1, -0.05) is 6.92 Å². The molecule has 1 heterocycles. The molecule has 5 nitrogen and oxygen atoms in total. The first-order valence-corrected chi connectivity index (χ1v) is 6.39. The minimum atomic E-state index is 0.267. The standard InChI is InChI=1S/C13H23N3O2/c1-5-14-12(9-17-4)7-11-8-13(18-6-2)16-10(3)15-11/h8,12,14H,5-7,9H2,1-4H3. The Hall–Kier alpha value is -1.20. The van der Waals surface area contributed by atoms with Crippen molar-refractivity contribution in [2.24, 2.45) is 0 Å². The fourth-order valence-electron chi connectivity index (χ4n) is 1.86. The monoisotopic (exact) mass is 253 g/mol. The van der Waals surface area contributed by atoms with Gasteiger partial charge in [-0.15, -0.1) is 0 Å². The zero-order valence-electron chi connectivity index (χ0n) is 11.7. The number of methoxy groups -OCH3 is 1. The SMILES string of the molecule is CCNC(COC)Cc1cc(OCC)nc(C)n1. The highest BCUT2D eigenvalue weighted by atomic mass is 16.5. The molecule has 1 aromatic rings. The molecule has 0 aliphatic carbocycles. The molecule has 1 aromatic heterocycles. The van der Waals surface area contributed by atoms with E-state index in [4.69, 9.17) is 9.47 Å². The van der Waals surface area contributed by atoms with Crippen LogP contribution in [0.25, 0.3) is 0 Å². The van der Waals surface area contributed by atoms with Crippen molar-refractivity contribution in [3.05, 3.63) is 17.6 Å². The molecule has 1 rings (SSSR count). The minimum absolute atomic E-state index is 0.267. The Morgan fingerprint density at radius 3 is 2.72 bits per heavy atom. The lowest BCUT2D eigenvalue weighted by Crippen LogP contribution is -2.35. The van der Waals surface area contributed by atoms with Crippen LogP contribution in [0, 0.1) is 6.92 Å². The lowest BCUT2D eigenvalue weighted by atomic mass is 10.1. The molecule has 1 N–H and O–H groups in total. The molecule has 0 aliphatic heterocycles. The topological polar surface area (TPSA) is 56.3 Å². The number of rotatable bonds is 8. The summed E-state index contributed by atoms with van der Waals surface area (Å²) < 4.78 is 10.6. The van der Waals surface area contributed by atoms with Crippen LogP contribution in [0.2, 0.25) is 0 Å². The van der Waals surface area contributed by atoms with Crippen LogP contribution in [-0.4, -0.2) is 42.9 Å². The van der Waals surface area contributed by atoms with Crippen LogP contribution in [0.15, 0.2) is 6.07 Å². The molecule has 0 amide bonds. The zero-order chi connectivity index (χ0) is 13.4. The van der Waals surface area contributed by atoms with Crippen molar-refractivity contribution in [1.82, 2.24) is 15.3 Å². The highest BCUT2D eigenvalue weighted by molar-refractivity contribution is 5.17. The lowest BCUT2D eigenvalue weighted by molar-refractivity contribution is 0.166. The third kappa shape index (κ3) is 4.98. The molecule has 0 spiro atoms. The Balaban J connectivity index is 2.74. The normalized spacial score (nSPS) is 12.4. The molecule has 102 valence electrons. The molecule has 0 saturated heterocycles. The summed E-state index contributed by atoms with van der Waals surface area (Å²) in [4.78, 5) is 8.67. The molecule has 1 unspecified atom stereocenters. The van der Waals surface area contributed by atoms with Crippen LogP contribution < -0.4 is 10.1 Å². The maximum atomic E-state index is 5.43. The van der Waals surface area contributed by atoms with E-state index in [0.29, 0.717) is 19.1 Å². The summed E-state index contributed by atoms with van der Waals surface area (Å²) in [5.41, 5.74) is 0.981. The predicted molar refractivity (Wildman–Crippen MR) is 71.0 cm³/mol. The van der Waals surface area contributed by atoms with Gasteiger partial charge in [0.15, 0.2) is 0 Å². The molecule has 0 aliphatic rings. The number of aryl methyl sites for hydroxylation is 1. The number of hydrogen-bond donors (Lipinski definition) is 1. The quantitative estimate of drug-likeness (QED) is 0.758. The Labute approximate surface area is 109 Å². The van der Waals surface area contributed by atoms with Gasteiger partial charge in [0.25, 0.3) is 0 Å². The molecule has 0 aromatic carbocycles. The fourth-order valence-corrected chi connectivity index (χ4v) is 1.86. The number of nitrogens with one attached hydrogen (secondary N) is 1. The lowest BCUT2D eigenvalue weighted by Gasteiger charge is -2.16. The van der Waals surface area contributed by atoms with Gasteiger partial charge in [-0.05, 0) is 20.4 Å². The van der Waals surface area contributed by atoms with Crippen molar-refractivity contribution in [2.45, 2.75) is 33.2 Å². The molecule has 18 heavy (non-hydrogen) atoms. The summed E-state index contributed by atoms with van der Waals surface area (Å²) in [7, 11) is 1.71. The molecule has 5 heteroatoms. The van der Waals surface area contributed by atoms with Crippen LogP contribution >= 0.6 is 0 Å². The van der Waals surface area contributed by atoms with Gasteiger partial charge in [0.05, 0.1) is 13.2 Å². The first kappa shape index (κ1) is 14.9. The molecule has 0 saturated carbocycles. The number of hydrogen-bond acceptors (Lipinski definition) is 5. The Morgan fingerprint density at radius 2 is 2.11 bits per heavy atom. The molecule has 0 bridgehead atoms. The van der Waals surface area contributed by atoms with Gasteiger partial charge in [0, 0.05) is 31.3 Å². The van der Waals surface area contributed by atoms with Gasteiger partial charge in [0.1, 0.15) is 5.82 Å². The third-order valence-corrected chi connectivity index (χ3v) is 2.48. The highest BCUT2D eigenvalue weighted by Gasteiger charge is 2.11. The maximum absolute atomic E-state index is 5.43. The van der Waals surface area contributed by atoms with Crippen molar-refractivity contribution in [2.75, 3.05) is 26.9 Å². The van der Waals surface area contributed by atoms with E-state index < -0.39 is 0 Å². The Kier molecular flexibility index (Phi) is 6.60. The molecular weight excluding hydrogens is 230 g/mol. The summed E-state index contributed by atoms with van der Waals surface area (Å²) in [6.07, 6.45) is 0.811. The number of aromatic nitrogens is 2. The van der Waals surface area contributed by atoms with Crippen LogP contribution in [0.3, 0.4) is 0 Å². The second kappa shape index (κ2) is 8.00. The Morgan fingerprint density at radius 1 is 1.33 bits per heavy atom. The van der Waals surface area contributed by atoms with Gasteiger partial charge in [-0.25, -0.2) is 4.98 Å². The van der Waals surface area contributed by atoms with Crippen LogP contribution in [-0.2, 0) is 11.2 Å². The second-order valence-corrected chi connectivity index (χ2v) is 4.09. The minimum Gasteiger partial charge on any atom is -0.478 e. The van der Waals surface area contributed by atoms with Crippen LogP contribution in [0.1, 0.15) is 25.4 Å². The largest absolute Gasteiger partial charge is 0.478 e. The van der Waals surface area contributed by atoms with E-state index in [1.165, 1.54) is 0 Å². The summed E-state index contributed by atoms with van der Waals surface area (Å²) in [6, 6.07) is 2.17. The van der Waals surface area contributed by atoms with Crippen molar-refractivity contribution in [3.63, 3.8) is 0 Å². The maximum Gasteiger partial charge on any atom is 0.216 e. The van der Waals surface area contributed by atoms with E-state index in [9.17, 15) is 0 Å². The van der Waals surface area contributed by atoms with E-state index in [1.54, 1.807) is 7.11 Å². The fraction of sp³-hybridized carbons (Fsp3) is 0.692.